The summed E-state index contributed by atoms with van der Waals surface area (Å²) < 4.78 is 5.51. The van der Waals surface area contributed by atoms with Gasteiger partial charge in [-0.3, -0.25) is 0 Å². The lowest BCUT2D eigenvalue weighted by Gasteiger charge is -2.13. The van der Waals surface area contributed by atoms with Crippen LogP contribution in [0.25, 0.3) is 0 Å². The second kappa shape index (κ2) is 4.28. The van der Waals surface area contributed by atoms with Gasteiger partial charge in [-0.15, -0.1) is 0 Å². The average molecular weight is 210 g/mol. The zero-order valence-corrected chi connectivity index (χ0v) is 10.6. The Hall–Kier alpha value is -1.29. The van der Waals surface area contributed by atoms with Gasteiger partial charge in [-0.05, 0) is 31.2 Å². The number of carboxylic acids is 1. The Morgan fingerprint density at radius 2 is 2.14 bits per heavy atom. The molecule has 0 spiro atoms. The molecule has 1 N–H and O–H groups in total. The molecule has 76 valence electrons. The molecule has 0 aromatic heterocycles. The van der Waals surface area contributed by atoms with Crippen LogP contribution in [0.5, 0.6) is 5.75 Å². The number of carboxylic acid groups (broad SMARTS) is 1. The normalized spacial score (nSPS) is 10.5. The van der Waals surface area contributed by atoms with E-state index >= 15 is 0 Å². The second-order valence-corrected chi connectivity index (χ2v) is 4.40. The third kappa shape index (κ3) is 2.35. The largest absolute Gasteiger partial charge is 0.491 e. The van der Waals surface area contributed by atoms with Crippen LogP contribution < -0.4 is 9.92 Å². The average Bonchev–Trinajstić information content (AvgIpc) is 2.07. The van der Waals surface area contributed by atoms with Crippen molar-refractivity contribution in [3.63, 3.8) is 0 Å². The Kier molecular flexibility index (Phi) is 3.30. The molecule has 0 heterocycles. The maximum atomic E-state index is 10.8. The number of aromatic carboxylic acids is 1. The van der Waals surface area contributed by atoms with Gasteiger partial charge in [0.2, 0.25) is 0 Å². The molecule has 0 radical (unpaired) electrons. The van der Waals surface area contributed by atoms with E-state index in [1.807, 2.05) is 19.9 Å². The Morgan fingerprint density at radius 3 is 2.64 bits per heavy atom. The molecule has 3 nitrogen and oxygen atoms in total. The highest BCUT2D eigenvalue weighted by molar-refractivity contribution is 6.38. The summed E-state index contributed by atoms with van der Waals surface area (Å²) in [6, 6.07) is 5.13. The van der Waals surface area contributed by atoms with Crippen LogP contribution >= 0.6 is 0 Å². The fraction of sp³-hybridized carbons (Fsp3) is 0.300. The van der Waals surface area contributed by atoms with E-state index in [9.17, 15) is 4.79 Å². The van der Waals surface area contributed by atoms with E-state index in [-0.39, 0.29) is 6.10 Å². The minimum atomic E-state index is -0.885. The minimum Gasteiger partial charge on any atom is -0.491 e. The summed E-state index contributed by atoms with van der Waals surface area (Å²) in [5, 5.41) is 9.70. The Morgan fingerprint density at radius 1 is 1.50 bits per heavy atom. The van der Waals surface area contributed by atoms with Crippen LogP contribution in [0, 0.1) is 0 Å². The van der Waals surface area contributed by atoms with Crippen molar-refractivity contribution in [3.8, 4) is 5.75 Å². The number of ether oxygens (including phenoxy) is 1. The van der Waals surface area contributed by atoms with Crippen LogP contribution in [0.2, 0.25) is 0 Å². The summed E-state index contributed by atoms with van der Waals surface area (Å²) in [6.45, 7) is 3.85. The van der Waals surface area contributed by atoms with Gasteiger partial charge in [-0.1, -0.05) is 6.07 Å². The maximum Gasteiger partial charge on any atom is 0.335 e. The summed E-state index contributed by atoms with van der Waals surface area (Å²) in [5.41, 5.74) is 0.356. The van der Waals surface area contributed by atoms with E-state index in [1.165, 1.54) is 0 Å². The van der Waals surface area contributed by atoms with Crippen LogP contribution in [0.3, 0.4) is 0 Å². The SMILES string of the molecule is CC(C)Oc1cccc(C(=O)O)c1[SiH3]. The monoisotopic (exact) mass is 210 g/mol. The van der Waals surface area contributed by atoms with Crippen molar-refractivity contribution in [2.24, 2.45) is 0 Å². The Balaban J connectivity index is 3.07. The van der Waals surface area contributed by atoms with Crippen LogP contribution in [0.4, 0.5) is 0 Å². The van der Waals surface area contributed by atoms with Crippen molar-refractivity contribution in [1.29, 1.82) is 0 Å². The van der Waals surface area contributed by atoms with E-state index < -0.39 is 5.97 Å². The van der Waals surface area contributed by atoms with Crippen molar-refractivity contribution in [3.05, 3.63) is 23.8 Å². The molecule has 0 saturated carbocycles. The standard InChI is InChI=1S/C10H14O3Si/c1-6(2)13-8-5-3-4-7(9(8)14)10(11)12/h3-6H,1-2,14H3,(H,11,12). The molecular weight excluding hydrogens is 196 g/mol. The molecule has 0 atom stereocenters. The maximum absolute atomic E-state index is 10.8. The van der Waals surface area contributed by atoms with E-state index in [0.717, 1.165) is 5.19 Å². The van der Waals surface area contributed by atoms with Crippen molar-refractivity contribution in [2.75, 3.05) is 0 Å². The van der Waals surface area contributed by atoms with Crippen LogP contribution in [0.1, 0.15) is 24.2 Å². The van der Waals surface area contributed by atoms with E-state index in [2.05, 4.69) is 0 Å². The predicted molar refractivity (Wildman–Crippen MR) is 58.7 cm³/mol. The molecule has 1 aromatic rings. The molecule has 0 amide bonds. The molecule has 4 heteroatoms. The van der Waals surface area contributed by atoms with Gasteiger partial charge in [0.1, 0.15) is 5.75 Å². The lowest BCUT2D eigenvalue weighted by Crippen LogP contribution is -2.20. The van der Waals surface area contributed by atoms with Crippen molar-refractivity contribution in [1.82, 2.24) is 0 Å². The number of hydrogen-bond donors (Lipinski definition) is 1. The number of hydrogen-bond acceptors (Lipinski definition) is 2. The summed E-state index contributed by atoms with van der Waals surface area (Å²) in [4.78, 5) is 10.8. The smallest absolute Gasteiger partial charge is 0.335 e. The molecule has 0 unspecified atom stereocenters. The summed E-state index contributed by atoms with van der Waals surface area (Å²) in [5.74, 6) is -0.184. The third-order valence-corrected chi connectivity index (χ3v) is 2.91. The quantitative estimate of drug-likeness (QED) is 0.723. The van der Waals surface area contributed by atoms with E-state index in [1.54, 1.807) is 12.1 Å². The van der Waals surface area contributed by atoms with Gasteiger partial charge in [0, 0.05) is 10.2 Å². The molecule has 1 aromatic carbocycles. The fourth-order valence-corrected chi connectivity index (χ4v) is 1.89. The van der Waals surface area contributed by atoms with Crippen LogP contribution in [0.15, 0.2) is 18.2 Å². The molecule has 1 rings (SSSR count). The zero-order valence-electron chi connectivity index (χ0n) is 8.57. The van der Waals surface area contributed by atoms with Gasteiger partial charge in [-0.2, -0.15) is 0 Å². The number of rotatable bonds is 3. The van der Waals surface area contributed by atoms with Crippen molar-refractivity contribution in [2.45, 2.75) is 20.0 Å². The minimum absolute atomic E-state index is 0.0757. The molecule has 0 fully saturated rings. The second-order valence-electron chi connectivity index (χ2n) is 3.40. The van der Waals surface area contributed by atoms with Crippen LogP contribution in [-0.4, -0.2) is 27.4 Å². The molecule has 0 aliphatic carbocycles. The van der Waals surface area contributed by atoms with Gasteiger partial charge in [0.25, 0.3) is 0 Å². The topological polar surface area (TPSA) is 46.5 Å². The van der Waals surface area contributed by atoms with Gasteiger partial charge in [-0.25, -0.2) is 4.79 Å². The molecule has 0 aliphatic heterocycles. The van der Waals surface area contributed by atoms with E-state index in [0.29, 0.717) is 21.6 Å². The van der Waals surface area contributed by atoms with Gasteiger partial charge < -0.3 is 9.84 Å². The molecular formula is C10H14O3Si. The van der Waals surface area contributed by atoms with Gasteiger partial charge >= 0.3 is 5.97 Å². The molecule has 14 heavy (non-hydrogen) atoms. The predicted octanol–water partition coefficient (Wildman–Crippen LogP) is 0.163. The molecule has 0 saturated heterocycles. The van der Waals surface area contributed by atoms with Crippen LogP contribution in [-0.2, 0) is 0 Å². The lowest BCUT2D eigenvalue weighted by atomic mass is 10.2. The zero-order chi connectivity index (χ0) is 10.7. The van der Waals surface area contributed by atoms with Crippen molar-refractivity contribution >= 4 is 21.4 Å². The molecule has 0 bridgehead atoms. The lowest BCUT2D eigenvalue weighted by molar-refractivity contribution is 0.0698. The van der Waals surface area contributed by atoms with Crippen molar-refractivity contribution < 1.29 is 14.6 Å². The summed E-state index contributed by atoms with van der Waals surface area (Å²) in [7, 11) is 0.675. The first-order valence-electron chi connectivity index (χ1n) is 4.52. The fourth-order valence-electron chi connectivity index (χ4n) is 1.23. The summed E-state index contributed by atoms with van der Waals surface area (Å²) in [6.07, 6.45) is 0.0757. The summed E-state index contributed by atoms with van der Waals surface area (Å²) >= 11 is 0. The first kappa shape index (κ1) is 10.8. The molecule has 0 aliphatic rings. The van der Waals surface area contributed by atoms with Gasteiger partial charge in [0.05, 0.1) is 11.7 Å². The highest BCUT2D eigenvalue weighted by Gasteiger charge is 2.10. The first-order chi connectivity index (χ1) is 6.52. The Labute approximate surface area is 86.1 Å². The Bertz CT molecular complexity index is 347. The highest BCUT2D eigenvalue weighted by Crippen LogP contribution is 2.11. The van der Waals surface area contributed by atoms with Gasteiger partial charge in [0.15, 0.2) is 0 Å². The first-order valence-corrected chi connectivity index (χ1v) is 5.52. The number of carbonyl (C=O) groups is 1. The highest BCUT2D eigenvalue weighted by atomic mass is 28.1. The van der Waals surface area contributed by atoms with E-state index in [4.69, 9.17) is 9.84 Å². The third-order valence-electron chi connectivity index (χ3n) is 1.88. The number of benzene rings is 1.